The maximum atomic E-state index is 3.45. The SMILES string of the molecule is BrCCCCNCCc1ccccc1. The first-order chi connectivity index (χ1) is 6.93. The molecule has 0 aliphatic heterocycles. The fraction of sp³-hybridized carbons (Fsp3) is 0.500. The number of unbranched alkanes of at least 4 members (excludes halogenated alkanes) is 1. The third-order valence-electron chi connectivity index (χ3n) is 2.17. The summed E-state index contributed by atoms with van der Waals surface area (Å²) >= 11 is 3.43. The minimum Gasteiger partial charge on any atom is -0.316 e. The molecule has 0 atom stereocenters. The number of halogens is 1. The molecule has 78 valence electrons. The fourth-order valence-corrected chi connectivity index (χ4v) is 1.74. The first-order valence-corrected chi connectivity index (χ1v) is 6.36. The quantitative estimate of drug-likeness (QED) is 0.584. The molecule has 0 amide bonds. The third-order valence-corrected chi connectivity index (χ3v) is 2.73. The van der Waals surface area contributed by atoms with E-state index in [1.807, 2.05) is 0 Å². The zero-order valence-corrected chi connectivity index (χ0v) is 10.1. The second kappa shape index (κ2) is 8.01. The molecule has 1 aromatic rings. The molecule has 1 nitrogen and oxygen atoms in total. The summed E-state index contributed by atoms with van der Waals surface area (Å²) in [4.78, 5) is 0. The largest absolute Gasteiger partial charge is 0.316 e. The molecule has 0 aromatic heterocycles. The van der Waals surface area contributed by atoms with Crippen molar-refractivity contribution in [3.05, 3.63) is 35.9 Å². The van der Waals surface area contributed by atoms with Gasteiger partial charge in [-0.15, -0.1) is 0 Å². The van der Waals surface area contributed by atoms with Crippen molar-refractivity contribution in [3.8, 4) is 0 Å². The molecule has 0 radical (unpaired) electrons. The van der Waals surface area contributed by atoms with Gasteiger partial charge in [0.15, 0.2) is 0 Å². The van der Waals surface area contributed by atoms with Gasteiger partial charge in [-0.3, -0.25) is 0 Å². The van der Waals surface area contributed by atoms with Gasteiger partial charge in [-0.1, -0.05) is 46.3 Å². The molecule has 0 aliphatic rings. The molecule has 0 aliphatic carbocycles. The lowest BCUT2D eigenvalue weighted by atomic mass is 10.1. The van der Waals surface area contributed by atoms with Gasteiger partial charge in [-0.2, -0.15) is 0 Å². The maximum Gasteiger partial charge on any atom is 0.00317 e. The lowest BCUT2D eigenvalue weighted by Gasteiger charge is -2.03. The summed E-state index contributed by atoms with van der Waals surface area (Å²) < 4.78 is 0. The summed E-state index contributed by atoms with van der Waals surface area (Å²) in [5.74, 6) is 0. The van der Waals surface area contributed by atoms with Crippen LogP contribution in [0.2, 0.25) is 0 Å². The standard InChI is InChI=1S/C12H18BrN/c13-9-4-5-10-14-11-8-12-6-2-1-3-7-12/h1-3,6-7,14H,4-5,8-11H2. The Morgan fingerprint density at radius 3 is 2.50 bits per heavy atom. The van der Waals surface area contributed by atoms with Gasteiger partial charge in [0.1, 0.15) is 0 Å². The van der Waals surface area contributed by atoms with E-state index < -0.39 is 0 Å². The van der Waals surface area contributed by atoms with Crippen molar-refractivity contribution in [3.63, 3.8) is 0 Å². The normalized spacial score (nSPS) is 10.4. The van der Waals surface area contributed by atoms with Gasteiger partial charge in [0.25, 0.3) is 0 Å². The molecule has 14 heavy (non-hydrogen) atoms. The Balaban J connectivity index is 1.99. The topological polar surface area (TPSA) is 12.0 Å². The van der Waals surface area contributed by atoms with Crippen LogP contribution in [-0.4, -0.2) is 18.4 Å². The zero-order chi connectivity index (χ0) is 10.1. The van der Waals surface area contributed by atoms with Crippen LogP contribution >= 0.6 is 15.9 Å². The zero-order valence-electron chi connectivity index (χ0n) is 8.51. The minimum atomic E-state index is 1.09. The Kier molecular flexibility index (Phi) is 6.71. The van der Waals surface area contributed by atoms with Crippen LogP contribution in [0, 0.1) is 0 Å². The Bertz CT molecular complexity index is 223. The molecular formula is C12H18BrN. The number of benzene rings is 1. The van der Waals surface area contributed by atoms with Crippen LogP contribution in [0.25, 0.3) is 0 Å². The highest BCUT2D eigenvalue weighted by Crippen LogP contribution is 1.98. The number of hydrogen-bond donors (Lipinski definition) is 1. The predicted molar refractivity (Wildman–Crippen MR) is 66.0 cm³/mol. The Morgan fingerprint density at radius 2 is 1.79 bits per heavy atom. The van der Waals surface area contributed by atoms with Crippen molar-refractivity contribution in [1.82, 2.24) is 5.32 Å². The van der Waals surface area contributed by atoms with E-state index in [1.54, 1.807) is 0 Å². The van der Waals surface area contributed by atoms with Gasteiger partial charge in [0, 0.05) is 5.33 Å². The highest BCUT2D eigenvalue weighted by molar-refractivity contribution is 9.09. The fourth-order valence-electron chi connectivity index (χ4n) is 1.35. The molecule has 0 bridgehead atoms. The van der Waals surface area contributed by atoms with Gasteiger partial charge in [-0.05, 0) is 37.9 Å². The van der Waals surface area contributed by atoms with Crippen LogP contribution in [0.4, 0.5) is 0 Å². The van der Waals surface area contributed by atoms with Crippen LogP contribution in [-0.2, 0) is 6.42 Å². The van der Waals surface area contributed by atoms with Crippen molar-refractivity contribution in [2.75, 3.05) is 18.4 Å². The molecule has 1 N–H and O–H groups in total. The molecule has 1 rings (SSSR count). The number of rotatable bonds is 7. The summed E-state index contributed by atoms with van der Waals surface area (Å²) in [5, 5.41) is 4.57. The van der Waals surface area contributed by atoms with Gasteiger partial charge in [0.05, 0.1) is 0 Å². The number of nitrogens with one attached hydrogen (secondary N) is 1. The molecule has 0 saturated heterocycles. The van der Waals surface area contributed by atoms with Crippen LogP contribution in [0.15, 0.2) is 30.3 Å². The summed E-state index contributed by atoms with van der Waals surface area (Å²) in [6.45, 7) is 2.23. The monoisotopic (exact) mass is 255 g/mol. The van der Waals surface area contributed by atoms with E-state index in [1.165, 1.54) is 18.4 Å². The first-order valence-electron chi connectivity index (χ1n) is 5.24. The summed E-state index contributed by atoms with van der Waals surface area (Å²) in [6.07, 6.45) is 3.66. The second-order valence-corrected chi connectivity index (χ2v) is 4.17. The van der Waals surface area contributed by atoms with Crippen LogP contribution in [0.3, 0.4) is 0 Å². The van der Waals surface area contributed by atoms with Gasteiger partial charge in [-0.25, -0.2) is 0 Å². The van der Waals surface area contributed by atoms with Gasteiger partial charge in [0.2, 0.25) is 0 Å². The van der Waals surface area contributed by atoms with E-state index in [-0.39, 0.29) is 0 Å². The molecule has 1 aromatic carbocycles. The van der Waals surface area contributed by atoms with Crippen molar-refractivity contribution >= 4 is 15.9 Å². The lowest BCUT2D eigenvalue weighted by Crippen LogP contribution is -2.18. The van der Waals surface area contributed by atoms with E-state index >= 15 is 0 Å². The van der Waals surface area contributed by atoms with E-state index in [2.05, 4.69) is 51.6 Å². The van der Waals surface area contributed by atoms with Crippen molar-refractivity contribution in [2.45, 2.75) is 19.3 Å². The summed E-state index contributed by atoms with van der Waals surface area (Å²) in [7, 11) is 0. The van der Waals surface area contributed by atoms with Crippen molar-refractivity contribution in [2.24, 2.45) is 0 Å². The average Bonchev–Trinajstić information content (AvgIpc) is 2.25. The Labute approximate surface area is 95.0 Å². The molecule has 0 spiro atoms. The minimum absolute atomic E-state index is 1.09. The van der Waals surface area contributed by atoms with Crippen LogP contribution < -0.4 is 5.32 Å². The van der Waals surface area contributed by atoms with Crippen LogP contribution in [0.5, 0.6) is 0 Å². The molecule has 0 fully saturated rings. The van der Waals surface area contributed by atoms with E-state index in [4.69, 9.17) is 0 Å². The molecule has 0 heterocycles. The number of hydrogen-bond acceptors (Lipinski definition) is 1. The lowest BCUT2D eigenvalue weighted by molar-refractivity contribution is 0.643. The van der Waals surface area contributed by atoms with Gasteiger partial charge < -0.3 is 5.32 Å². The van der Waals surface area contributed by atoms with Crippen LogP contribution in [0.1, 0.15) is 18.4 Å². The highest BCUT2D eigenvalue weighted by atomic mass is 79.9. The molecular weight excluding hydrogens is 238 g/mol. The van der Waals surface area contributed by atoms with E-state index in [9.17, 15) is 0 Å². The molecule has 2 heteroatoms. The third kappa shape index (κ3) is 5.40. The molecule has 0 saturated carbocycles. The van der Waals surface area contributed by atoms with Crippen molar-refractivity contribution in [1.29, 1.82) is 0 Å². The summed E-state index contributed by atoms with van der Waals surface area (Å²) in [6, 6.07) is 10.6. The number of alkyl halides is 1. The Morgan fingerprint density at radius 1 is 1.00 bits per heavy atom. The van der Waals surface area contributed by atoms with Gasteiger partial charge >= 0.3 is 0 Å². The van der Waals surface area contributed by atoms with E-state index in [0.29, 0.717) is 0 Å². The van der Waals surface area contributed by atoms with Crippen molar-refractivity contribution < 1.29 is 0 Å². The smallest absolute Gasteiger partial charge is 0.00317 e. The second-order valence-electron chi connectivity index (χ2n) is 3.38. The average molecular weight is 256 g/mol. The van der Waals surface area contributed by atoms with E-state index in [0.717, 1.165) is 24.8 Å². The first kappa shape index (κ1) is 11.7. The Hall–Kier alpha value is -0.340. The molecule has 0 unspecified atom stereocenters. The maximum absolute atomic E-state index is 3.45. The highest BCUT2D eigenvalue weighted by Gasteiger charge is 1.91. The summed E-state index contributed by atoms with van der Waals surface area (Å²) in [5.41, 5.74) is 1.42. The predicted octanol–water partition coefficient (Wildman–Crippen LogP) is 2.99.